The average Bonchev–Trinajstić information content (AvgIpc) is 4.04. The standard InChI is InChI=1S/C54H88N2O2S2/c1-7-13-17-19-21-23-25-27-29-31-35-45-37-47(59-41-45)51-49-50(54(58)55(51)39-43(11-5)33-15-9-3)52(56(53(49)57)40-44(12-6)34-16-10-4)48-38-46(42-60-48)36-32-30-28-26-24-22-20-18-14-8-2/h37-38,41-44H,7-36,39-40H2,1-6H3. The predicted molar refractivity (Wildman–Crippen MR) is 264 cm³/mol. The fourth-order valence-corrected chi connectivity index (χ4v) is 11.5. The quantitative estimate of drug-likeness (QED) is 0.0641. The Morgan fingerprint density at radius 3 is 1.07 bits per heavy atom. The zero-order valence-corrected chi connectivity index (χ0v) is 41.3. The van der Waals surface area contributed by atoms with Crippen molar-refractivity contribution in [3.8, 4) is 0 Å². The third-order valence-electron chi connectivity index (χ3n) is 13.6. The van der Waals surface area contributed by atoms with Gasteiger partial charge in [-0.15, -0.1) is 22.7 Å². The lowest BCUT2D eigenvalue weighted by Gasteiger charge is -2.29. The highest BCUT2D eigenvalue weighted by Crippen LogP contribution is 2.49. The highest BCUT2D eigenvalue weighted by molar-refractivity contribution is 7.11. The van der Waals surface area contributed by atoms with E-state index < -0.39 is 0 Å². The second kappa shape index (κ2) is 29.2. The van der Waals surface area contributed by atoms with Gasteiger partial charge in [-0.2, -0.15) is 0 Å². The van der Waals surface area contributed by atoms with Crippen molar-refractivity contribution in [1.82, 2.24) is 9.80 Å². The zero-order valence-electron chi connectivity index (χ0n) is 39.6. The number of hydrogen-bond acceptors (Lipinski definition) is 4. The summed E-state index contributed by atoms with van der Waals surface area (Å²) >= 11 is 3.49. The van der Waals surface area contributed by atoms with Crippen molar-refractivity contribution in [1.29, 1.82) is 0 Å². The third-order valence-corrected chi connectivity index (χ3v) is 15.5. The maximum atomic E-state index is 15.1. The van der Waals surface area contributed by atoms with Gasteiger partial charge in [-0.1, -0.05) is 196 Å². The van der Waals surface area contributed by atoms with Crippen LogP contribution in [0.1, 0.15) is 242 Å². The lowest BCUT2D eigenvalue weighted by molar-refractivity contribution is -0.124. The second-order valence-corrected chi connectivity index (χ2v) is 20.4. The van der Waals surface area contributed by atoms with Crippen LogP contribution in [0, 0.1) is 11.8 Å². The first kappa shape index (κ1) is 50.5. The minimum Gasteiger partial charge on any atom is -0.306 e. The van der Waals surface area contributed by atoms with Gasteiger partial charge in [0, 0.05) is 13.1 Å². The van der Waals surface area contributed by atoms with Crippen molar-refractivity contribution in [3.63, 3.8) is 0 Å². The second-order valence-electron chi connectivity index (χ2n) is 18.6. The van der Waals surface area contributed by atoms with Gasteiger partial charge in [-0.3, -0.25) is 9.59 Å². The molecule has 0 aliphatic carbocycles. The molecule has 2 aromatic rings. The van der Waals surface area contributed by atoms with Gasteiger partial charge in [0.15, 0.2) is 0 Å². The number of carbonyl (C=O) groups is 2. The van der Waals surface area contributed by atoms with Gasteiger partial charge in [-0.25, -0.2) is 0 Å². The molecule has 2 aliphatic rings. The SMILES string of the molecule is CCCCCCCCCCCCc1csc(C2=C3C(=O)N(CC(CC)CCCC)C(c4cc(CCCCCCCCCCCC)cs4)=C3C(=O)N2CC(CC)CCCC)c1. The Balaban J connectivity index is 1.58. The molecule has 2 aromatic heterocycles. The molecule has 4 nitrogen and oxygen atoms in total. The molecule has 2 atom stereocenters. The Labute approximate surface area is 377 Å². The van der Waals surface area contributed by atoms with Crippen molar-refractivity contribution in [2.75, 3.05) is 13.1 Å². The number of unbranched alkanes of at least 4 members (excludes halogenated alkanes) is 20. The van der Waals surface area contributed by atoms with Gasteiger partial charge in [0.05, 0.1) is 32.3 Å². The first-order valence-corrected chi connectivity index (χ1v) is 27.5. The number of aryl methyl sites for hydroxylation is 2. The van der Waals surface area contributed by atoms with E-state index in [2.05, 4.69) is 74.2 Å². The molecule has 0 fully saturated rings. The number of nitrogens with zero attached hydrogens (tertiary/aromatic N) is 2. The molecule has 0 aromatic carbocycles. The van der Waals surface area contributed by atoms with Crippen molar-refractivity contribution < 1.29 is 9.59 Å². The van der Waals surface area contributed by atoms with E-state index in [9.17, 15) is 0 Å². The highest BCUT2D eigenvalue weighted by atomic mass is 32.1. The van der Waals surface area contributed by atoms with Crippen LogP contribution in [0.2, 0.25) is 0 Å². The number of thiophene rings is 2. The molecule has 338 valence electrons. The fourth-order valence-electron chi connectivity index (χ4n) is 9.50. The van der Waals surface area contributed by atoms with E-state index in [0.717, 1.165) is 72.5 Å². The summed E-state index contributed by atoms with van der Waals surface area (Å²) < 4.78 is 0. The summed E-state index contributed by atoms with van der Waals surface area (Å²) in [5.41, 5.74) is 5.88. The van der Waals surface area contributed by atoms with E-state index >= 15 is 9.59 Å². The van der Waals surface area contributed by atoms with E-state index in [4.69, 9.17) is 0 Å². The molecule has 0 saturated heterocycles. The van der Waals surface area contributed by atoms with Crippen LogP contribution in [0.5, 0.6) is 0 Å². The maximum Gasteiger partial charge on any atom is 0.261 e. The van der Waals surface area contributed by atoms with Crippen LogP contribution in [-0.2, 0) is 22.4 Å². The summed E-state index contributed by atoms with van der Waals surface area (Å²) in [5, 5.41) is 4.62. The van der Waals surface area contributed by atoms with Gasteiger partial charge >= 0.3 is 0 Å². The third kappa shape index (κ3) is 15.6. The molecule has 0 N–H and O–H groups in total. The lowest BCUT2D eigenvalue weighted by atomic mass is 9.98. The van der Waals surface area contributed by atoms with Gasteiger partial charge in [0.1, 0.15) is 0 Å². The van der Waals surface area contributed by atoms with Gasteiger partial charge in [-0.05, 0) is 84.4 Å². The summed E-state index contributed by atoms with van der Waals surface area (Å²) in [5.74, 6) is 0.934. The smallest absolute Gasteiger partial charge is 0.261 e. The van der Waals surface area contributed by atoms with Gasteiger partial charge < -0.3 is 9.80 Å². The predicted octanol–water partition coefficient (Wildman–Crippen LogP) is 17.0. The van der Waals surface area contributed by atoms with Crippen molar-refractivity contribution in [2.45, 2.75) is 234 Å². The summed E-state index contributed by atoms with van der Waals surface area (Å²) in [6.07, 6.45) is 37.9. The molecule has 0 radical (unpaired) electrons. The Morgan fingerprint density at radius 1 is 0.433 bits per heavy atom. The van der Waals surface area contributed by atoms with Crippen molar-refractivity contribution in [3.05, 3.63) is 54.9 Å². The van der Waals surface area contributed by atoms with Crippen molar-refractivity contribution in [2.24, 2.45) is 11.8 Å². The number of hydrogen-bond donors (Lipinski definition) is 0. The monoisotopic (exact) mass is 861 g/mol. The molecule has 4 heterocycles. The fraction of sp³-hybridized carbons (Fsp3) is 0.741. The molecule has 0 bridgehead atoms. The van der Waals surface area contributed by atoms with Crippen LogP contribution in [0.25, 0.3) is 11.4 Å². The molecule has 2 aliphatic heterocycles. The zero-order chi connectivity index (χ0) is 43.0. The number of rotatable bonds is 36. The minimum absolute atomic E-state index is 0.0525. The molecule has 2 unspecified atom stereocenters. The topological polar surface area (TPSA) is 40.6 Å². The van der Waals surface area contributed by atoms with Crippen LogP contribution in [0.3, 0.4) is 0 Å². The van der Waals surface area contributed by atoms with E-state index in [1.165, 1.54) is 152 Å². The number of amides is 2. The number of carbonyl (C=O) groups excluding carboxylic acids is 2. The Bertz CT molecular complexity index is 1460. The van der Waals surface area contributed by atoms with Crippen LogP contribution in [-0.4, -0.2) is 34.7 Å². The lowest BCUT2D eigenvalue weighted by Crippen LogP contribution is -2.34. The largest absolute Gasteiger partial charge is 0.306 e. The average molecular weight is 861 g/mol. The van der Waals surface area contributed by atoms with Crippen LogP contribution in [0.15, 0.2) is 34.0 Å². The van der Waals surface area contributed by atoms with Crippen LogP contribution >= 0.6 is 22.7 Å². The minimum atomic E-state index is 0.0525. The molecule has 6 heteroatoms. The Kier molecular flexibility index (Phi) is 24.6. The maximum absolute atomic E-state index is 15.1. The van der Waals surface area contributed by atoms with E-state index in [1.807, 2.05) is 0 Å². The molecular formula is C54H88N2O2S2. The molecule has 2 amide bonds. The first-order valence-electron chi connectivity index (χ1n) is 25.7. The molecule has 60 heavy (non-hydrogen) atoms. The Morgan fingerprint density at radius 2 is 0.750 bits per heavy atom. The highest BCUT2D eigenvalue weighted by Gasteiger charge is 2.50. The molecule has 0 spiro atoms. The van der Waals surface area contributed by atoms with Crippen LogP contribution in [0.4, 0.5) is 0 Å². The molecule has 4 rings (SSSR count). The van der Waals surface area contributed by atoms with Gasteiger partial charge in [0.25, 0.3) is 11.8 Å². The molecular weight excluding hydrogens is 773 g/mol. The summed E-state index contributed by atoms with van der Waals surface area (Å²) in [4.78, 5) is 36.5. The van der Waals surface area contributed by atoms with Gasteiger partial charge in [0.2, 0.25) is 0 Å². The van der Waals surface area contributed by atoms with E-state index in [0.29, 0.717) is 36.1 Å². The summed E-state index contributed by atoms with van der Waals surface area (Å²) in [6, 6.07) is 4.66. The van der Waals surface area contributed by atoms with E-state index in [-0.39, 0.29) is 11.8 Å². The normalized spacial score (nSPS) is 15.4. The Hall–Kier alpha value is -2.18. The number of fused-ring (bicyclic) bond motifs is 1. The first-order chi connectivity index (χ1) is 29.4. The van der Waals surface area contributed by atoms with Crippen LogP contribution < -0.4 is 0 Å². The van der Waals surface area contributed by atoms with Crippen molar-refractivity contribution >= 4 is 45.9 Å². The summed E-state index contributed by atoms with van der Waals surface area (Å²) in [6.45, 7) is 15.0. The summed E-state index contributed by atoms with van der Waals surface area (Å²) in [7, 11) is 0. The van der Waals surface area contributed by atoms with E-state index in [1.54, 1.807) is 22.7 Å². The molecule has 0 saturated carbocycles.